The second-order valence-corrected chi connectivity index (χ2v) is 4.41. The van der Waals surface area contributed by atoms with E-state index >= 15 is 0 Å². The molecule has 0 atom stereocenters. The lowest BCUT2D eigenvalue weighted by Crippen LogP contribution is -2.24. The van der Waals surface area contributed by atoms with Gasteiger partial charge in [0.2, 0.25) is 0 Å². The Morgan fingerprint density at radius 2 is 1.95 bits per heavy atom. The van der Waals surface area contributed by atoms with Gasteiger partial charge in [0.1, 0.15) is 5.75 Å². The van der Waals surface area contributed by atoms with E-state index in [2.05, 4.69) is 5.32 Å². The number of amides is 1. The van der Waals surface area contributed by atoms with Crippen LogP contribution in [0.25, 0.3) is 6.08 Å². The Morgan fingerprint density at radius 3 is 2.71 bits per heavy atom. The average Bonchev–Trinajstić information content (AvgIpc) is 2.51. The van der Waals surface area contributed by atoms with Crippen molar-refractivity contribution in [1.82, 2.24) is 5.32 Å². The molecule has 1 amide bonds. The monoisotopic (exact) mass is 281 g/mol. The fourth-order valence-electron chi connectivity index (χ4n) is 1.88. The van der Waals surface area contributed by atoms with Crippen molar-refractivity contribution in [2.24, 2.45) is 0 Å². The number of nitrogens with one attached hydrogen (secondary N) is 1. The highest BCUT2D eigenvalue weighted by atomic mass is 16.3. The van der Waals surface area contributed by atoms with Crippen LogP contribution < -0.4 is 5.32 Å². The first kappa shape index (κ1) is 14.5. The quantitative estimate of drug-likeness (QED) is 0.828. The zero-order valence-corrected chi connectivity index (χ0v) is 11.3. The van der Waals surface area contributed by atoms with Crippen LogP contribution in [-0.4, -0.2) is 23.8 Å². The molecule has 4 heteroatoms. The van der Waals surface area contributed by atoms with Crippen molar-refractivity contribution >= 4 is 18.3 Å². The molecule has 0 aromatic heterocycles. The van der Waals surface area contributed by atoms with Crippen LogP contribution >= 0.6 is 0 Å². The Kier molecular flexibility index (Phi) is 4.88. The summed E-state index contributed by atoms with van der Waals surface area (Å²) >= 11 is 0. The molecule has 0 unspecified atom stereocenters. The van der Waals surface area contributed by atoms with Crippen LogP contribution in [0.4, 0.5) is 0 Å². The summed E-state index contributed by atoms with van der Waals surface area (Å²) in [5.41, 5.74) is 1.57. The minimum absolute atomic E-state index is 0.195. The minimum atomic E-state index is -0.293. The molecular weight excluding hydrogens is 266 g/mol. The first-order valence-corrected chi connectivity index (χ1v) is 6.48. The smallest absolute Gasteiger partial charge is 0.252 e. The van der Waals surface area contributed by atoms with Gasteiger partial charge in [-0.25, -0.2) is 0 Å². The lowest BCUT2D eigenvalue weighted by Gasteiger charge is -2.04. The molecular formula is C17H15NO3. The SMILES string of the molecule is O=Cc1ccccc1C(=O)NC/C=C/c1cccc(O)c1. The molecule has 21 heavy (non-hydrogen) atoms. The molecule has 0 heterocycles. The van der Waals surface area contributed by atoms with Gasteiger partial charge in [-0.15, -0.1) is 0 Å². The van der Waals surface area contributed by atoms with E-state index in [4.69, 9.17) is 0 Å². The van der Waals surface area contributed by atoms with Crippen molar-refractivity contribution in [3.05, 3.63) is 71.3 Å². The number of hydrogen-bond acceptors (Lipinski definition) is 3. The van der Waals surface area contributed by atoms with Crippen molar-refractivity contribution in [2.45, 2.75) is 0 Å². The number of hydrogen-bond donors (Lipinski definition) is 2. The molecule has 0 bridgehead atoms. The van der Waals surface area contributed by atoms with Crippen LogP contribution in [0.15, 0.2) is 54.6 Å². The summed E-state index contributed by atoms with van der Waals surface area (Å²) in [5.74, 6) is -0.0978. The van der Waals surface area contributed by atoms with E-state index in [1.54, 1.807) is 54.6 Å². The highest BCUT2D eigenvalue weighted by molar-refractivity contribution is 6.01. The van der Waals surface area contributed by atoms with Gasteiger partial charge in [-0.2, -0.15) is 0 Å². The fraction of sp³-hybridized carbons (Fsp3) is 0.0588. The third-order valence-corrected chi connectivity index (χ3v) is 2.89. The molecule has 0 radical (unpaired) electrons. The molecule has 0 saturated heterocycles. The predicted octanol–water partition coefficient (Wildman–Crippen LogP) is 2.65. The molecule has 106 valence electrons. The number of phenols is 1. The highest BCUT2D eigenvalue weighted by Gasteiger charge is 2.08. The lowest BCUT2D eigenvalue weighted by atomic mass is 10.1. The second-order valence-electron chi connectivity index (χ2n) is 4.41. The number of aldehydes is 1. The maximum Gasteiger partial charge on any atom is 0.252 e. The molecule has 0 spiro atoms. The van der Waals surface area contributed by atoms with Gasteiger partial charge in [0, 0.05) is 17.7 Å². The van der Waals surface area contributed by atoms with E-state index in [1.807, 2.05) is 6.07 Å². The van der Waals surface area contributed by atoms with Crippen LogP contribution in [0, 0.1) is 0 Å². The first-order valence-electron chi connectivity index (χ1n) is 6.48. The molecule has 2 aromatic carbocycles. The first-order chi connectivity index (χ1) is 10.2. The van der Waals surface area contributed by atoms with Gasteiger partial charge in [-0.3, -0.25) is 9.59 Å². The molecule has 0 aliphatic carbocycles. The topological polar surface area (TPSA) is 66.4 Å². The lowest BCUT2D eigenvalue weighted by molar-refractivity contribution is 0.0952. The van der Waals surface area contributed by atoms with Gasteiger partial charge in [0.25, 0.3) is 5.91 Å². The standard InChI is InChI=1S/C17H15NO3/c19-12-14-7-1-2-9-16(14)17(21)18-10-4-6-13-5-3-8-15(20)11-13/h1-9,11-12,20H,10H2,(H,18,21)/b6-4+. The Morgan fingerprint density at radius 1 is 1.14 bits per heavy atom. The van der Waals surface area contributed by atoms with Gasteiger partial charge in [0.15, 0.2) is 6.29 Å². The number of rotatable bonds is 5. The summed E-state index contributed by atoms with van der Waals surface area (Å²) in [4.78, 5) is 22.8. The number of aromatic hydroxyl groups is 1. The Balaban J connectivity index is 1.94. The third-order valence-electron chi connectivity index (χ3n) is 2.89. The molecule has 0 fully saturated rings. The van der Waals surface area contributed by atoms with Crippen LogP contribution in [0.1, 0.15) is 26.3 Å². The van der Waals surface area contributed by atoms with Crippen molar-refractivity contribution in [1.29, 1.82) is 0 Å². The summed E-state index contributed by atoms with van der Waals surface area (Å²) < 4.78 is 0. The predicted molar refractivity (Wildman–Crippen MR) is 81.3 cm³/mol. The summed E-state index contributed by atoms with van der Waals surface area (Å²) in [7, 11) is 0. The van der Waals surface area contributed by atoms with E-state index in [9.17, 15) is 14.7 Å². The second kappa shape index (κ2) is 7.05. The van der Waals surface area contributed by atoms with Crippen molar-refractivity contribution < 1.29 is 14.7 Å². The maximum atomic E-state index is 11.9. The van der Waals surface area contributed by atoms with Crippen LogP contribution in [0.2, 0.25) is 0 Å². The van der Waals surface area contributed by atoms with Gasteiger partial charge in [-0.05, 0) is 23.8 Å². The van der Waals surface area contributed by atoms with E-state index in [0.717, 1.165) is 5.56 Å². The third kappa shape index (κ3) is 4.04. The Bertz CT molecular complexity index is 677. The number of phenolic OH excluding ortho intramolecular Hbond substituents is 1. The molecule has 2 rings (SSSR count). The number of carbonyl (C=O) groups excluding carboxylic acids is 2. The van der Waals surface area contributed by atoms with Gasteiger partial charge < -0.3 is 10.4 Å². The summed E-state index contributed by atoms with van der Waals surface area (Å²) in [6, 6.07) is 13.4. The zero-order valence-electron chi connectivity index (χ0n) is 11.3. The molecule has 0 saturated carbocycles. The van der Waals surface area contributed by atoms with Crippen LogP contribution in [0.5, 0.6) is 5.75 Å². The summed E-state index contributed by atoms with van der Waals surface area (Å²) in [6.45, 7) is 0.335. The fourth-order valence-corrected chi connectivity index (χ4v) is 1.88. The van der Waals surface area contributed by atoms with Gasteiger partial charge >= 0.3 is 0 Å². The van der Waals surface area contributed by atoms with Crippen LogP contribution in [0.3, 0.4) is 0 Å². The van der Waals surface area contributed by atoms with Crippen molar-refractivity contribution in [3.63, 3.8) is 0 Å². The molecule has 2 aromatic rings. The number of benzene rings is 2. The normalized spacial score (nSPS) is 10.5. The van der Waals surface area contributed by atoms with Crippen LogP contribution in [-0.2, 0) is 0 Å². The molecule has 0 aliphatic rings. The molecule has 0 aliphatic heterocycles. The van der Waals surface area contributed by atoms with Gasteiger partial charge in [-0.1, -0.05) is 42.5 Å². The Hall–Kier alpha value is -2.88. The molecule has 4 nitrogen and oxygen atoms in total. The minimum Gasteiger partial charge on any atom is -0.508 e. The van der Waals surface area contributed by atoms with Crippen molar-refractivity contribution in [2.75, 3.05) is 6.54 Å². The van der Waals surface area contributed by atoms with E-state index in [0.29, 0.717) is 24.0 Å². The maximum absolute atomic E-state index is 11.9. The highest BCUT2D eigenvalue weighted by Crippen LogP contribution is 2.11. The molecule has 2 N–H and O–H groups in total. The van der Waals surface area contributed by atoms with E-state index in [1.165, 1.54) is 0 Å². The zero-order chi connectivity index (χ0) is 15.1. The summed E-state index contributed by atoms with van der Waals surface area (Å²) in [6.07, 6.45) is 4.24. The summed E-state index contributed by atoms with van der Waals surface area (Å²) in [5, 5.41) is 12.0. The Labute approximate surface area is 122 Å². The van der Waals surface area contributed by atoms with E-state index in [-0.39, 0.29) is 11.7 Å². The average molecular weight is 281 g/mol. The van der Waals surface area contributed by atoms with Crippen molar-refractivity contribution in [3.8, 4) is 5.75 Å². The van der Waals surface area contributed by atoms with E-state index < -0.39 is 0 Å². The largest absolute Gasteiger partial charge is 0.508 e. The number of carbonyl (C=O) groups is 2. The van der Waals surface area contributed by atoms with Gasteiger partial charge in [0.05, 0.1) is 0 Å².